The van der Waals surface area contributed by atoms with Crippen LogP contribution >= 0.6 is 0 Å². The second-order valence-electron chi connectivity index (χ2n) is 2.07. The van der Waals surface area contributed by atoms with Crippen LogP contribution in [0.4, 0.5) is 4.39 Å². The van der Waals surface area contributed by atoms with Gasteiger partial charge >= 0.3 is 0 Å². The first-order valence-corrected chi connectivity index (χ1v) is 4.22. The number of hydrogen-bond donors (Lipinski definition) is 0. The normalized spacial score (nSPS) is 8.75. The third kappa shape index (κ3) is 2.95. The monoisotopic (exact) mass is 170 g/mol. The van der Waals surface area contributed by atoms with Crippen molar-refractivity contribution in [3.8, 4) is 0 Å². The highest BCUT2D eigenvalue weighted by molar-refractivity contribution is 5.04. The van der Waals surface area contributed by atoms with Crippen LogP contribution < -0.4 is 0 Å². The quantitative estimate of drug-likeness (QED) is 0.647. The molecule has 0 atom stereocenters. The summed E-state index contributed by atoms with van der Waals surface area (Å²) >= 11 is 0. The first-order valence-electron chi connectivity index (χ1n) is 4.22. The molecular formula is C9H15FN2. The molecule has 12 heavy (non-hydrogen) atoms. The van der Waals surface area contributed by atoms with E-state index in [0.717, 1.165) is 0 Å². The van der Waals surface area contributed by atoms with Crippen molar-refractivity contribution in [3.05, 3.63) is 23.5 Å². The standard InChI is InChI=1S/C7H9FN2.C2H6/c1-3-7-6(8)4-9-5(2)10-7;1-2/h4H,3H2,1-2H3;1-2H3. The van der Waals surface area contributed by atoms with E-state index in [-0.39, 0.29) is 5.82 Å². The van der Waals surface area contributed by atoms with Gasteiger partial charge in [0.05, 0.1) is 11.9 Å². The topological polar surface area (TPSA) is 25.8 Å². The predicted molar refractivity (Wildman–Crippen MR) is 47.5 cm³/mol. The van der Waals surface area contributed by atoms with E-state index in [9.17, 15) is 4.39 Å². The van der Waals surface area contributed by atoms with Gasteiger partial charge in [-0.1, -0.05) is 20.8 Å². The summed E-state index contributed by atoms with van der Waals surface area (Å²) in [5, 5.41) is 0. The predicted octanol–water partition coefficient (Wildman–Crippen LogP) is 2.51. The largest absolute Gasteiger partial charge is 0.239 e. The minimum Gasteiger partial charge on any atom is -0.239 e. The van der Waals surface area contributed by atoms with Crippen molar-refractivity contribution in [2.24, 2.45) is 0 Å². The maximum atomic E-state index is 12.6. The van der Waals surface area contributed by atoms with Gasteiger partial charge < -0.3 is 0 Å². The Balaban J connectivity index is 0.000000561. The van der Waals surface area contributed by atoms with E-state index in [0.29, 0.717) is 17.9 Å². The molecule has 1 heterocycles. The molecule has 0 aromatic carbocycles. The summed E-state index contributed by atoms with van der Waals surface area (Å²) in [6.45, 7) is 7.61. The summed E-state index contributed by atoms with van der Waals surface area (Å²) in [5.41, 5.74) is 0.493. The summed E-state index contributed by atoms with van der Waals surface area (Å²) < 4.78 is 12.6. The van der Waals surface area contributed by atoms with Crippen molar-refractivity contribution in [1.82, 2.24) is 9.97 Å². The molecule has 0 aliphatic heterocycles. The third-order valence-corrected chi connectivity index (χ3v) is 1.27. The molecule has 0 fully saturated rings. The molecule has 0 aliphatic carbocycles. The van der Waals surface area contributed by atoms with Gasteiger partial charge in [-0.2, -0.15) is 0 Å². The lowest BCUT2D eigenvalue weighted by atomic mass is 10.3. The highest BCUT2D eigenvalue weighted by atomic mass is 19.1. The molecule has 0 N–H and O–H groups in total. The van der Waals surface area contributed by atoms with Crippen LogP contribution in [-0.2, 0) is 6.42 Å². The van der Waals surface area contributed by atoms with Crippen LogP contribution in [0, 0.1) is 12.7 Å². The van der Waals surface area contributed by atoms with Crippen molar-refractivity contribution < 1.29 is 4.39 Å². The molecule has 0 aliphatic rings. The van der Waals surface area contributed by atoms with Crippen molar-refractivity contribution in [2.45, 2.75) is 34.1 Å². The second-order valence-corrected chi connectivity index (χ2v) is 2.07. The van der Waals surface area contributed by atoms with Gasteiger partial charge in [0, 0.05) is 0 Å². The Labute approximate surface area is 72.9 Å². The lowest BCUT2D eigenvalue weighted by molar-refractivity contribution is 0.590. The van der Waals surface area contributed by atoms with Gasteiger partial charge in [-0.25, -0.2) is 14.4 Å². The smallest absolute Gasteiger partial charge is 0.162 e. The van der Waals surface area contributed by atoms with Crippen LogP contribution in [0.5, 0.6) is 0 Å². The Bertz CT molecular complexity index is 236. The van der Waals surface area contributed by atoms with Crippen LogP contribution in [0.1, 0.15) is 32.3 Å². The van der Waals surface area contributed by atoms with Gasteiger partial charge in [-0.15, -0.1) is 0 Å². The van der Waals surface area contributed by atoms with E-state index in [2.05, 4.69) is 9.97 Å². The summed E-state index contributed by atoms with van der Waals surface area (Å²) in [6, 6.07) is 0. The molecule has 0 bridgehead atoms. The molecule has 1 aromatic rings. The van der Waals surface area contributed by atoms with Crippen LogP contribution in [0.2, 0.25) is 0 Å². The molecule has 0 spiro atoms. The van der Waals surface area contributed by atoms with E-state index in [1.54, 1.807) is 6.92 Å². The van der Waals surface area contributed by atoms with Crippen LogP contribution in [0.15, 0.2) is 6.20 Å². The lowest BCUT2D eigenvalue weighted by Crippen LogP contribution is -1.97. The van der Waals surface area contributed by atoms with Crippen LogP contribution in [0.25, 0.3) is 0 Å². The minimum atomic E-state index is -0.312. The zero-order valence-electron chi connectivity index (χ0n) is 8.06. The fraction of sp³-hybridized carbons (Fsp3) is 0.556. The van der Waals surface area contributed by atoms with Crippen molar-refractivity contribution in [2.75, 3.05) is 0 Å². The first-order chi connectivity index (χ1) is 5.74. The van der Waals surface area contributed by atoms with E-state index in [1.165, 1.54) is 6.20 Å². The minimum absolute atomic E-state index is 0.312. The van der Waals surface area contributed by atoms with Crippen molar-refractivity contribution in [3.63, 3.8) is 0 Å². The summed E-state index contributed by atoms with van der Waals surface area (Å²) in [4.78, 5) is 7.61. The Hall–Kier alpha value is -0.990. The zero-order chi connectivity index (χ0) is 9.56. The van der Waals surface area contributed by atoms with Crippen molar-refractivity contribution in [1.29, 1.82) is 0 Å². The number of aryl methyl sites for hydroxylation is 2. The molecule has 0 unspecified atom stereocenters. The Morgan fingerprint density at radius 3 is 2.42 bits per heavy atom. The van der Waals surface area contributed by atoms with E-state index < -0.39 is 0 Å². The average molecular weight is 170 g/mol. The van der Waals surface area contributed by atoms with Crippen LogP contribution in [0.3, 0.4) is 0 Å². The van der Waals surface area contributed by atoms with Gasteiger partial charge in [-0.3, -0.25) is 0 Å². The Morgan fingerprint density at radius 2 is 2.00 bits per heavy atom. The van der Waals surface area contributed by atoms with Gasteiger partial charge in [-0.05, 0) is 13.3 Å². The molecule has 1 aromatic heterocycles. The Kier molecular flexibility index (Phi) is 5.17. The van der Waals surface area contributed by atoms with E-state index in [1.807, 2.05) is 20.8 Å². The summed E-state index contributed by atoms with van der Waals surface area (Å²) in [6.07, 6.45) is 1.83. The molecule has 1 rings (SSSR count). The van der Waals surface area contributed by atoms with E-state index >= 15 is 0 Å². The van der Waals surface area contributed by atoms with Crippen molar-refractivity contribution >= 4 is 0 Å². The maximum absolute atomic E-state index is 12.6. The second kappa shape index (κ2) is 5.63. The Morgan fingerprint density at radius 1 is 1.42 bits per heavy atom. The average Bonchev–Trinajstić information content (AvgIpc) is 2.13. The van der Waals surface area contributed by atoms with Gasteiger partial charge in [0.1, 0.15) is 5.82 Å². The van der Waals surface area contributed by atoms with Crippen LogP contribution in [-0.4, -0.2) is 9.97 Å². The maximum Gasteiger partial charge on any atom is 0.162 e. The van der Waals surface area contributed by atoms with E-state index in [4.69, 9.17) is 0 Å². The SMILES string of the molecule is CC.CCc1nc(C)ncc1F. The molecular weight excluding hydrogens is 155 g/mol. The number of aromatic nitrogens is 2. The highest BCUT2D eigenvalue weighted by Crippen LogP contribution is 2.02. The molecule has 3 heteroatoms. The summed E-state index contributed by atoms with van der Waals surface area (Å²) in [7, 11) is 0. The number of rotatable bonds is 1. The molecule has 2 nitrogen and oxygen atoms in total. The number of hydrogen-bond acceptors (Lipinski definition) is 2. The lowest BCUT2D eigenvalue weighted by Gasteiger charge is -1.97. The first kappa shape index (κ1) is 11.0. The molecule has 0 saturated heterocycles. The molecule has 0 radical (unpaired) electrons. The molecule has 0 amide bonds. The van der Waals surface area contributed by atoms with Gasteiger partial charge in [0.25, 0.3) is 0 Å². The zero-order valence-corrected chi connectivity index (χ0v) is 8.06. The fourth-order valence-corrected chi connectivity index (χ4v) is 0.750. The highest BCUT2D eigenvalue weighted by Gasteiger charge is 2.00. The fourth-order valence-electron chi connectivity index (χ4n) is 0.750. The van der Waals surface area contributed by atoms with Gasteiger partial charge in [0.15, 0.2) is 5.82 Å². The third-order valence-electron chi connectivity index (χ3n) is 1.27. The summed E-state index contributed by atoms with van der Waals surface area (Å²) in [5.74, 6) is 0.311. The number of nitrogens with zero attached hydrogens (tertiary/aromatic N) is 2. The van der Waals surface area contributed by atoms with Gasteiger partial charge in [0.2, 0.25) is 0 Å². The molecule has 68 valence electrons. The molecule has 0 saturated carbocycles. The number of halogens is 1.